The first kappa shape index (κ1) is 18.3. The predicted molar refractivity (Wildman–Crippen MR) is 103 cm³/mol. The van der Waals surface area contributed by atoms with E-state index in [9.17, 15) is 9.59 Å². The number of nitrogens with zero attached hydrogens (tertiary/aromatic N) is 2. The van der Waals surface area contributed by atoms with E-state index in [-0.39, 0.29) is 5.41 Å². The third-order valence-electron chi connectivity index (χ3n) is 8.16. The monoisotopic (exact) mass is 383 g/mol. The highest BCUT2D eigenvalue weighted by Crippen LogP contribution is 2.67. The highest BCUT2D eigenvalue weighted by Gasteiger charge is 2.62. The molecule has 6 nitrogen and oxygen atoms in total. The second-order valence-corrected chi connectivity index (χ2v) is 9.68. The lowest BCUT2D eigenvalue weighted by Gasteiger charge is -2.52. The largest absolute Gasteiger partial charge is 0.299 e. The Kier molecular flexibility index (Phi) is 4.32. The lowest BCUT2D eigenvalue weighted by Crippen LogP contribution is -2.50. The highest BCUT2D eigenvalue weighted by atomic mass is 16.5. The molecule has 3 fully saturated rings. The van der Waals surface area contributed by atoms with Crippen LogP contribution in [0.15, 0.2) is 12.3 Å². The van der Waals surface area contributed by atoms with Crippen LogP contribution in [0.25, 0.3) is 0 Å². The van der Waals surface area contributed by atoms with Gasteiger partial charge in [0.05, 0.1) is 11.3 Å². The Morgan fingerprint density at radius 2 is 2.18 bits per heavy atom. The summed E-state index contributed by atoms with van der Waals surface area (Å²) in [5.74, 6) is 2.83. The number of ketones is 1. The number of carbonyl (C=O) groups excluding carboxylic acids is 2. The zero-order valence-corrected chi connectivity index (χ0v) is 16.5. The van der Waals surface area contributed by atoms with Crippen LogP contribution in [-0.4, -0.2) is 39.9 Å². The molecule has 2 N–H and O–H groups in total. The molecule has 6 heteroatoms. The standard InChI is InChI=1S/C22H29N3O3/c1-13(26)22-8-14-4-15(5-17(9-22)19(22)6-14)11-25-3-2-16-7-18(21(27)24-28)10-23-20(16)12-25/h7,10,14-15,17,19,28H,2-6,8-9,11-12H2,1H3,(H,24,27)/t14?,15?,17?,19?,22-/m0/s1. The summed E-state index contributed by atoms with van der Waals surface area (Å²) in [7, 11) is 0. The Hall–Kier alpha value is -1.79. The molecule has 1 aromatic rings. The fourth-order valence-electron chi connectivity index (χ4n) is 6.96. The minimum absolute atomic E-state index is 0.0624. The summed E-state index contributed by atoms with van der Waals surface area (Å²) in [6, 6.07) is 1.85. The molecule has 2 bridgehead atoms. The van der Waals surface area contributed by atoms with Crippen molar-refractivity contribution in [3.8, 4) is 0 Å². The molecule has 1 aliphatic heterocycles. The molecule has 150 valence electrons. The topological polar surface area (TPSA) is 82.5 Å². The third-order valence-corrected chi connectivity index (χ3v) is 8.16. The van der Waals surface area contributed by atoms with Gasteiger partial charge in [0.25, 0.3) is 5.91 Å². The first-order valence-corrected chi connectivity index (χ1v) is 10.6. The van der Waals surface area contributed by atoms with Gasteiger partial charge in [0.2, 0.25) is 0 Å². The fraction of sp³-hybridized carbons (Fsp3) is 0.682. The van der Waals surface area contributed by atoms with Gasteiger partial charge in [0.15, 0.2) is 0 Å². The van der Waals surface area contributed by atoms with Crippen molar-refractivity contribution in [3.05, 3.63) is 29.1 Å². The smallest absolute Gasteiger partial charge is 0.276 e. The van der Waals surface area contributed by atoms with Crippen LogP contribution in [0.3, 0.4) is 0 Å². The van der Waals surface area contributed by atoms with Crippen LogP contribution >= 0.6 is 0 Å². The molecular weight excluding hydrogens is 354 g/mol. The van der Waals surface area contributed by atoms with Crippen molar-refractivity contribution in [1.29, 1.82) is 0 Å². The quantitative estimate of drug-likeness (QED) is 0.617. The number of nitrogens with one attached hydrogen (secondary N) is 1. The average molecular weight is 383 g/mol. The molecule has 0 radical (unpaired) electrons. The summed E-state index contributed by atoms with van der Waals surface area (Å²) < 4.78 is 0. The zero-order chi connectivity index (χ0) is 19.5. The number of rotatable bonds is 4. The van der Waals surface area contributed by atoms with Crippen LogP contribution in [0.2, 0.25) is 0 Å². The van der Waals surface area contributed by atoms with Gasteiger partial charge in [-0.3, -0.25) is 24.7 Å². The van der Waals surface area contributed by atoms with Crippen molar-refractivity contribution in [2.45, 2.75) is 52.0 Å². The molecule has 28 heavy (non-hydrogen) atoms. The van der Waals surface area contributed by atoms with E-state index in [0.29, 0.717) is 17.3 Å². The first-order valence-electron chi connectivity index (χ1n) is 10.6. The van der Waals surface area contributed by atoms with Crippen molar-refractivity contribution < 1.29 is 14.8 Å². The summed E-state index contributed by atoms with van der Waals surface area (Å²) in [5, 5.41) is 8.80. The summed E-state index contributed by atoms with van der Waals surface area (Å²) >= 11 is 0. The number of amides is 1. The van der Waals surface area contributed by atoms with E-state index in [1.54, 1.807) is 11.7 Å². The Labute approximate surface area is 165 Å². The van der Waals surface area contributed by atoms with Crippen LogP contribution < -0.4 is 5.48 Å². The average Bonchev–Trinajstić information content (AvgIpc) is 2.88. The number of aromatic nitrogens is 1. The third kappa shape index (κ3) is 2.80. The van der Waals surface area contributed by atoms with Gasteiger partial charge in [0.1, 0.15) is 5.78 Å². The maximum atomic E-state index is 12.2. The molecule has 0 aromatic carbocycles. The van der Waals surface area contributed by atoms with Crippen molar-refractivity contribution >= 4 is 11.7 Å². The van der Waals surface area contributed by atoms with Crippen LogP contribution in [0, 0.1) is 29.1 Å². The van der Waals surface area contributed by atoms with Gasteiger partial charge < -0.3 is 0 Å². The Morgan fingerprint density at radius 1 is 1.32 bits per heavy atom. The second kappa shape index (κ2) is 6.63. The van der Waals surface area contributed by atoms with Gasteiger partial charge in [-0.05, 0) is 80.8 Å². The van der Waals surface area contributed by atoms with Crippen molar-refractivity contribution in [2.75, 3.05) is 13.1 Å². The maximum Gasteiger partial charge on any atom is 0.276 e. The van der Waals surface area contributed by atoms with Gasteiger partial charge in [-0.1, -0.05) is 0 Å². The minimum atomic E-state index is -0.506. The number of hydrogen-bond donors (Lipinski definition) is 2. The summed E-state index contributed by atoms with van der Waals surface area (Å²) in [6.45, 7) is 4.76. The van der Waals surface area contributed by atoms with E-state index in [1.165, 1.54) is 19.3 Å². The Bertz CT molecular complexity index is 821. The van der Waals surface area contributed by atoms with Gasteiger partial charge in [-0.2, -0.15) is 0 Å². The van der Waals surface area contributed by atoms with Crippen molar-refractivity contribution in [3.63, 3.8) is 0 Å². The second-order valence-electron chi connectivity index (χ2n) is 9.68. The van der Waals surface area contributed by atoms with E-state index in [4.69, 9.17) is 5.21 Å². The highest BCUT2D eigenvalue weighted by molar-refractivity contribution is 5.93. The molecule has 5 atom stereocenters. The summed E-state index contributed by atoms with van der Waals surface area (Å²) in [4.78, 5) is 30.8. The van der Waals surface area contributed by atoms with Gasteiger partial charge >= 0.3 is 0 Å². The summed E-state index contributed by atoms with van der Waals surface area (Å²) in [5.41, 5.74) is 4.31. The SMILES string of the molecule is CC(=O)[C@]12CC3CC(CN4CCc5cc(C(=O)NO)cnc5C4)CC(C1)C2C3. The molecule has 5 rings (SSSR count). The van der Waals surface area contributed by atoms with Gasteiger partial charge in [0, 0.05) is 31.2 Å². The molecule has 2 heterocycles. The fourth-order valence-corrected chi connectivity index (χ4v) is 6.96. The maximum absolute atomic E-state index is 12.2. The van der Waals surface area contributed by atoms with Crippen molar-refractivity contribution in [2.24, 2.45) is 29.1 Å². The molecule has 3 saturated carbocycles. The molecule has 4 unspecified atom stereocenters. The zero-order valence-electron chi connectivity index (χ0n) is 16.5. The van der Waals surface area contributed by atoms with E-state index in [2.05, 4.69) is 9.88 Å². The predicted octanol–water partition coefficient (Wildman–Crippen LogP) is 2.59. The number of Topliss-reactive ketones (excluding diaryl/α,β-unsaturated/α-hetero) is 1. The van der Waals surface area contributed by atoms with E-state index in [1.807, 2.05) is 13.0 Å². The van der Waals surface area contributed by atoms with Gasteiger partial charge in [-0.25, -0.2) is 5.48 Å². The molecule has 0 saturated heterocycles. The van der Waals surface area contributed by atoms with Crippen LogP contribution in [0.1, 0.15) is 60.6 Å². The molecule has 1 aromatic heterocycles. The molecule has 3 aliphatic carbocycles. The Balaban J connectivity index is 1.23. The van der Waals surface area contributed by atoms with E-state index >= 15 is 0 Å². The normalized spacial score (nSPS) is 36.2. The lowest BCUT2D eigenvalue weighted by molar-refractivity contribution is -0.142. The summed E-state index contributed by atoms with van der Waals surface area (Å²) in [6.07, 6.45) is 8.55. The minimum Gasteiger partial charge on any atom is -0.299 e. The molecule has 4 aliphatic rings. The first-order chi connectivity index (χ1) is 13.5. The lowest BCUT2D eigenvalue weighted by atomic mass is 9.51. The number of hydrogen-bond acceptors (Lipinski definition) is 5. The molecule has 1 amide bonds. The van der Waals surface area contributed by atoms with E-state index < -0.39 is 5.91 Å². The Morgan fingerprint density at radius 3 is 2.96 bits per heavy atom. The number of fused-ring (bicyclic) bond motifs is 2. The number of pyridine rings is 1. The van der Waals surface area contributed by atoms with E-state index in [0.717, 1.165) is 67.9 Å². The number of carbonyl (C=O) groups is 2. The van der Waals surface area contributed by atoms with Crippen LogP contribution in [0.5, 0.6) is 0 Å². The molecular formula is C22H29N3O3. The van der Waals surface area contributed by atoms with Crippen molar-refractivity contribution in [1.82, 2.24) is 15.4 Å². The van der Waals surface area contributed by atoms with Crippen LogP contribution in [-0.2, 0) is 17.8 Å². The molecule has 0 spiro atoms. The van der Waals surface area contributed by atoms with Crippen LogP contribution in [0.4, 0.5) is 0 Å². The number of hydroxylamine groups is 1. The van der Waals surface area contributed by atoms with Gasteiger partial charge in [-0.15, -0.1) is 0 Å².